The molecular weight excluding hydrogens is 506 g/mol. The first kappa shape index (κ1) is 25.9. The molecule has 0 bridgehead atoms. The average molecular weight is 540 g/mol. The van der Waals surface area contributed by atoms with E-state index in [1.54, 1.807) is 42.7 Å². The number of amides is 1. The monoisotopic (exact) mass is 539 g/mol. The first-order chi connectivity index (χ1) is 17.8. The van der Waals surface area contributed by atoms with E-state index in [1.165, 1.54) is 25.9 Å². The van der Waals surface area contributed by atoms with Crippen molar-refractivity contribution in [3.63, 3.8) is 0 Å². The Kier molecular flexibility index (Phi) is 7.40. The number of benzene rings is 2. The van der Waals surface area contributed by atoms with Gasteiger partial charge in [0.15, 0.2) is 0 Å². The molecule has 5 rings (SSSR count). The molecule has 3 aromatic rings. The Morgan fingerprint density at radius 2 is 1.78 bits per heavy atom. The predicted molar refractivity (Wildman–Crippen MR) is 146 cm³/mol. The van der Waals surface area contributed by atoms with Gasteiger partial charge in [-0.25, -0.2) is 8.42 Å². The largest absolute Gasteiger partial charge is 0.497 e. The van der Waals surface area contributed by atoms with Crippen molar-refractivity contribution < 1.29 is 17.9 Å². The Morgan fingerprint density at radius 1 is 1.03 bits per heavy atom. The van der Waals surface area contributed by atoms with E-state index in [4.69, 9.17) is 4.74 Å². The fraction of sp³-hybridized carbons (Fsp3) is 0.393. The summed E-state index contributed by atoms with van der Waals surface area (Å²) in [5.74, 6) is 0.657. The van der Waals surface area contributed by atoms with E-state index in [9.17, 15) is 13.2 Å². The number of carbonyl (C=O) groups excluding carboxylic acids is 1. The van der Waals surface area contributed by atoms with Gasteiger partial charge >= 0.3 is 0 Å². The number of hydrogen-bond donors (Lipinski definition) is 0. The lowest BCUT2D eigenvalue weighted by Crippen LogP contribution is -2.57. The van der Waals surface area contributed by atoms with Gasteiger partial charge in [0.25, 0.3) is 0 Å². The fourth-order valence-corrected chi connectivity index (χ4v) is 7.99. The van der Waals surface area contributed by atoms with E-state index in [1.807, 2.05) is 17.9 Å². The van der Waals surface area contributed by atoms with Crippen LogP contribution in [0.2, 0.25) is 0 Å². The van der Waals surface area contributed by atoms with Crippen LogP contribution in [-0.4, -0.2) is 74.3 Å². The molecule has 0 spiro atoms. The third kappa shape index (κ3) is 5.05. The number of sulfonamides is 1. The van der Waals surface area contributed by atoms with Crippen molar-refractivity contribution in [3.05, 3.63) is 81.5 Å². The van der Waals surface area contributed by atoms with E-state index in [-0.39, 0.29) is 29.4 Å². The molecule has 9 heteroatoms. The summed E-state index contributed by atoms with van der Waals surface area (Å²) in [6, 6.07) is 16.8. The van der Waals surface area contributed by atoms with E-state index in [2.05, 4.69) is 41.5 Å². The number of nitrogens with zero attached hydrogens (tertiary/aromatic N) is 3. The molecule has 0 aliphatic carbocycles. The topological polar surface area (TPSA) is 70.2 Å². The normalized spacial score (nSPS) is 21.0. The minimum absolute atomic E-state index is 0.0469. The number of methoxy groups -OCH3 is 1. The summed E-state index contributed by atoms with van der Waals surface area (Å²) in [4.78, 5) is 19.3. The Hall–Kier alpha value is -2.72. The minimum Gasteiger partial charge on any atom is -0.497 e. The van der Waals surface area contributed by atoms with Gasteiger partial charge in [0.1, 0.15) is 5.75 Å². The first-order valence-corrected chi connectivity index (χ1v) is 14.9. The van der Waals surface area contributed by atoms with Gasteiger partial charge in [-0.15, -0.1) is 11.3 Å². The highest BCUT2D eigenvalue weighted by Gasteiger charge is 2.37. The summed E-state index contributed by atoms with van der Waals surface area (Å²) < 4.78 is 33.2. The zero-order valence-electron chi connectivity index (χ0n) is 21.5. The summed E-state index contributed by atoms with van der Waals surface area (Å²) >= 11 is 1.79. The molecule has 196 valence electrons. The van der Waals surface area contributed by atoms with Crippen LogP contribution in [0.4, 0.5) is 0 Å². The van der Waals surface area contributed by atoms with E-state index in [0.717, 1.165) is 13.0 Å². The Morgan fingerprint density at radius 3 is 2.49 bits per heavy atom. The molecule has 2 aromatic carbocycles. The number of hydrogen-bond acceptors (Lipinski definition) is 6. The molecule has 2 aliphatic rings. The number of ether oxygens (including phenoxy) is 1. The van der Waals surface area contributed by atoms with Gasteiger partial charge in [-0.05, 0) is 72.7 Å². The highest BCUT2D eigenvalue weighted by molar-refractivity contribution is 7.89. The molecule has 0 radical (unpaired) electrons. The van der Waals surface area contributed by atoms with Crippen molar-refractivity contribution in [1.82, 2.24) is 14.1 Å². The Balaban J connectivity index is 1.30. The number of fused-ring (bicyclic) bond motifs is 1. The second-order valence-corrected chi connectivity index (χ2v) is 12.7. The van der Waals surface area contributed by atoms with Crippen LogP contribution in [0, 0.1) is 6.92 Å². The predicted octanol–water partition coefficient (Wildman–Crippen LogP) is 3.93. The van der Waals surface area contributed by atoms with Crippen LogP contribution in [0.25, 0.3) is 0 Å². The van der Waals surface area contributed by atoms with Crippen molar-refractivity contribution in [2.24, 2.45) is 0 Å². The number of rotatable bonds is 6. The van der Waals surface area contributed by atoms with Crippen LogP contribution in [0.15, 0.2) is 64.9 Å². The van der Waals surface area contributed by atoms with Crippen LogP contribution in [-0.2, 0) is 21.2 Å². The standard InChI is InChI=1S/C28H33N3O4S2/c1-20-6-4-5-7-24(20)28-25-13-17-36-26(25)12-14-30(28)19-27(32)29-15-16-31(21(2)18-29)37(33,34)23-10-8-22(35-3)9-11-23/h4-11,13,17,21,28H,12,14-16,18-19H2,1-3H3/t21-,28-/m0/s1. The molecule has 7 nitrogen and oxygen atoms in total. The number of carbonyl (C=O) groups is 1. The van der Waals surface area contributed by atoms with Crippen molar-refractivity contribution in [2.75, 3.05) is 39.8 Å². The molecule has 0 N–H and O–H groups in total. The second-order valence-electron chi connectivity index (χ2n) is 9.76. The summed E-state index contributed by atoms with van der Waals surface area (Å²) in [5.41, 5.74) is 3.75. The number of aryl methyl sites for hydroxylation is 1. The van der Waals surface area contributed by atoms with Gasteiger partial charge in [0.05, 0.1) is 24.6 Å². The van der Waals surface area contributed by atoms with Gasteiger partial charge < -0.3 is 9.64 Å². The molecule has 2 atom stereocenters. The van der Waals surface area contributed by atoms with Crippen molar-refractivity contribution in [2.45, 2.75) is 37.2 Å². The number of piperazine rings is 1. The maximum Gasteiger partial charge on any atom is 0.243 e. The smallest absolute Gasteiger partial charge is 0.243 e. The summed E-state index contributed by atoms with van der Waals surface area (Å²) in [7, 11) is -2.11. The SMILES string of the molecule is COc1ccc(S(=O)(=O)N2CCN(C(=O)CN3CCc4sccc4[C@@H]3c3ccccc3C)C[C@@H]2C)cc1. The quantitative estimate of drug-likeness (QED) is 0.475. The van der Waals surface area contributed by atoms with Gasteiger partial charge in [-0.3, -0.25) is 9.69 Å². The van der Waals surface area contributed by atoms with Crippen LogP contribution >= 0.6 is 11.3 Å². The molecule has 3 heterocycles. The second kappa shape index (κ2) is 10.6. The third-order valence-electron chi connectivity index (χ3n) is 7.47. The molecule has 37 heavy (non-hydrogen) atoms. The Labute approximate surface area is 223 Å². The van der Waals surface area contributed by atoms with Crippen molar-refractivity contribution >= 4 is 27.3 Å². The van der Waals surface area contributed by atoms with Gasteiger partial charge in [-0.2, -0.15) is 4.31 Å². The molecule has 0 saturated carbocycles. The Bertz CT molecular complexity index is 1370. The van der Waals surface area contributed by atoms with Gasteiger partial charge in [-0.1, -0.05) is 24.3 Å². The summed E-state index contributed by atoms with van der Waals surface area (Å²) in [6.45, 7) is 6.16. The minimum atomic E-state index is -3.66. The maximum absolute atomic E-state index is 13.5. The van der Waals surface area contributed by atoms with Crippen molar-refractivity contribution in [1.29, 1.82) is 0 Å². The molecular formula is C28H33N3O4S2. The van der Waals surface area contributed by atoms with Gasteiger partial charge in [0, 0.05) is 37.1 Å². The van der Waals surface area contributed by atoms with Crippen LogP contribution in [0.5, 0.6) is 5.75 Å². The molecule has 1 aromatic heterocycles. The lowest BCUT2D eigenvalue weighted by Gasteiger charge is -2.41. The van der Waals surface area contributed by atoms with Crippen LogP contribution < -0.4 is 4.74 Å². The van der Waals surface area contributed by atoms with E-state index < -0.39 is 10.0 Å². The lowest BCUT2D eigenvalue weighted by molar-refractivity contribution is -0.135. The van der Waals surface area contributed by atoms with Gasteiger partial charge in [0.2, 0.25) is 15.9 Å². The molecule has 1 saturated heterocycles. The molecule has 0 unspecified atom stereocenters. The zero-order valence-corrected chi connectivity index (χ0v) is 23.1. The maximum atomic E-state index is 13.5. The van der Waals surface area contributed by atoms with E-state index in [0.29, 0.717) is 25.4 Å². The molecule has 2 aliphatic heterocycles. The molecule has 1 fully saturated rings. The van der Waals surface area contributed by atoms with Crippen molar-refractivity contribution in [3.8, 4) is 5.75 Å². The summed E-state index contributed by atoms with van der Waals surface area (Å²) in [6.07, 6.45) is 0.937. The van der Waals surface area contributed by atoms with Crippen LogP contribution in [0.1, 0.15) is 34.5 Å². The summed E-state index contributed by atoms with van der Waals surface area (Å²) in [5, 5.41) is 2.14. The van der Waals surface area contributed by atoms with E-state index >= 15 is 0 Å². The van der Waals surface area contributed by atoms with Crippen LogP contribution in [0.3, 0.4) is 0 Å². The highest BCUT2D eigenvalue weighted by atomic mass is 32.2. The molecule has 1 amide bonds. The fourth-order valence-electron chi connectivity index (χ4n) is 5.48. The first-order valence-electron chi connectivity index (χ1n) is 12.6. The highest BCUT2D eigenvalue weighted by Crippen LogP contribution is 2.38. The third-order valence-corrected chi connectivity index (χ3v) is 10.5. The lowest BCUT2D eigenvalue weighted by atomic mass is 9.90. The zero-order chi connectivity index (χ0) is 26.2. The average Bonchev–Trinajstić information content (AvgIpc) is 3.38. The number of thiophene rings is 1.